The quantitative estimate of drug-likeness (QED) is 0.243. The van der Waals surface area contributed by atoms with E-state index < -0.39 is 30.6 Å². The number of aliphatic hydroxyl groups is 2. The van der Waals surface area contributed by atoms with Crippen LogP contribution in [0, 0.1) is 0 Å². The first-order valence-electron chi connectivity index (χ1n) is 3.74. The number of nitrogens with zero attached hydrogens (tertiary/aromatic N) is 3. The minimum Gasteiger partial charge on any atom is -0.393 e. The summed E-state index contributed by atoms with van der Waals surface area (Å²) in [6.45, 7) is -0.747. The molecule has 0 bridgehead atoms. The zero-order valence-electron chi connectivity index (χ0n) is 6.96. The fourth-order valence-electron chi connectivity index (χ4n) is 1.28. The van der Waals surface area contributed by atoms with Gasteiger partial charge in [0.2, 0.25) is 0 Å². The number of ether oxygens (including phenoxy) is 1. The molecule has 2 N–H and O–H groups in total. The molecule has 0 amide bonds. The molecule has 4 atom stereocenters. The molecule has 1 fully saturated rings. The molecule has 1 saturated heterocycles. The summed E-state index contributed by atoms with van der Waals surface area (Å²) in [6, 6.07) is -0.896. The summed E-state index contributed by atoms with van der Waals surface area (Å²) in [5, 5.41) is 21.2. The van der Waals surface area contributed by atoms with E-state index >= 15 is 0 Å². The number of alkyl halides is 1. The van der Waals surface area contributed by atoms with E-state index in [1.165, 1.54) is 7.85 Å². The standard InChI is InChI=1S/C5H9BFN3O3/c6-4-2(7)3(12)5(1-11,13-4)9-10-8/h2-4,11-12H,1,6H2. The van der Waals surface area contributed by atoms with Crippen molar-refractivity contribution in [2.24, 2.45) is 5.11 Å². The molecule has 1 heterocycles. The van der Waals surface area contributed by atoms with Crippen LogP contribution in [0.15, 0.2) is 5.11 Å². The summed E-state index contributed by atoms with van der Waals surface area (Å²) in [5.74, 6) is 0. The molecule has 13 heavy (non-hydrogen) atoms. The molecule has 0 aromatic rings. The van der Waals surface area contributed by atoms with Crippen molar-refractivity contribution in [3.8, 4) is 0 Å². The average Bonchev–Trinajstić information content (AvgIpc) is 2.32. The van der Waals surface area contributed by atoms with Gasteiger partial charge in [0.05, 0.1) is 12.6 Å². The van der Waals surface area contributed by atoms with Crippen LogP contribution in [0.2, 0.25) is 0 Å². The second-order valence-electron chi connectivity index (χ2n) is 2.90. The first-order chi connectivity index (χ1) is 6.07. The van der Waals surface area contributed by atoms with Gasteiger partial charge in [0.1, 0.15) is 20.1 Å². The Hall–Kier alpha value is -0.815. The first kappa shape index (κ1) is 10.3. The van der Waals surface area contributed by atoms with Crippen molar-refractivity contribution in [3.63, 3.8) is 0 Å². The van der Waals surface area contributed by atoms with Crippen LogP contribution < -0.4 is 0 Å². The molecule has 8 heteroatoms. The normalized spacial score (nSPS) is 44.4. The highest BCUT2D eigenvalue weighted by Gasteiger charge is 2.52. The van der Waals surface area contributed by atoms with Crippen molar-refractivity contribution in [2.75, 3.05) is 6.61 Å². The maximum absolute atomic E-state index is 13.0. The second kappa shape index (κ2) is 3.51. The monoisotopic (exact) mass is 189 g/mol. The summed E-state index contributed by atoms with van der Waals surface area (Å²) in [4.78, 5) is 2.39. The van der Waals surface area contributed by atoms with E-state index in [4.69, 9.17) is 15.4 Å². The van der Waals surface area contributed by atoms with E-state index in [-0.39, 0.29) is 0 Å². The van der Waals surface area contributed by atoms with Crippen molar-refractivity contribution >= 4 is 7.85 Å². The van der Waals surface area contributed by atoms with Crippen LogP contribution in [0.1, 0.15) is 0 Å². The highest BCUT2D eigenvalue weighted by atomic mass is 19.1. The topological polar surface area (TPSA) is 98.5 Å². The second-order valence-corrected chi connectivity index (χ2v) is 2.90. The molecule has 1 aliphatic heterocycles. The summed E-state index contributed by atoms with van der Waals surface area (Å²) in [6.07, 6.45) is -3.28. The van der Waals surface area contributed by atoms with Crippen LogP contribution in [0.3, 0.4) is 0 Å². The molecule has 6 nitrogen and oxygen atoms in total. The maximum atomic E-state index is 13.0. The Morgan fingerprint density at radius 3 is 2.69 bits per heavy atom. The summed E-state index contributed by atoms with van der Waals surface area (Å²) >= 11 is 0. The number of rotatable bonds is 2. The smallest absolute Gasteiger partial charge is 0.198 e. The number of hydrogen-bond acceptors (Lipinski definition) is 4. The lowest BCUT2D eigenvalue weighted by Gasteiger charge is -2.23. The Morgan fingerprint density at radius 2 is 2.38 bits per heavy atom. The Bertz CT molecular complexity index is 249. The number of aliphatic hydroxyl groups excluding tert-OH is 2. The van der Waals surface area contributed by atoms with Crippen LogP contribution in [-0.4, -0.2) is 48.7 Å². The van der Waals surface area contributed by atoms with Gasteiger partial charge in [-0.3, -0.25) is 0 Å². The van der Waals surface area contributed by atoms with Crippen molar-refractivity contribution < 1.29 is 19.3 Å². The van der Waals surface area contributed by atoms with Crippen molar-refractivity contribution in [1.82, 2.24) is 0 Å². The molecule has 0 aromatic heterocycles. The minimum atomic E-state index is -1.87. The molecule has 1 rings (SSSR count). The zero-order valence-corrected chi connectivity index (χ0v) is 6.96. The molecule has 4 unspecified atom stereocenters. The largest absolute Gasteiger partial charge is 0.393 e. The lowest BCUT2D eigenvalue weighted by atomic mass is 9.93. The number of hydrogen-bond donors (Lipinski definition) is 2. The molecular weight excluding hydrogens is 180 g/mol. The number of halogens is 1. The third-order valence-corrected chi connectivity index (χ3v) is 2.04. The fraction of sp³-hybridized carbons (Fsp3) is 1.00. The molecule has 72 valence electrons. The molecular formula is C5H9BFN3O3. The van der Waals surface area contributed by atoms with E-state index in [1.807, 2.05) is 0 Å². The highest BCUT2D eigenvalue weighted by Crippen LogP contribution is 2.32. The summed E-state index contributed by atoms with van der Waals surface area (Å²) in [7, 11) is 1.39. The lowest BCUT2D eigenvalue weighted by molar-refractivity contribution is -0.0935. The first-order valence-corrected chi connectivity index (χ1v) is 3.74. The Balaban J connectivity index is 2.95. The van der Waals surface area contributed by atoms with Gasteiger partial charge in [0.15, 0.2) is 5.72 Å². The average molecular weight is 189 g/mol. The molecule has 0 aliphatic carbocycles. The maximum Gasteiger partial charge on any atom is 0.198 e. The van der Waals surface area contributed by atoms with Gasteiger partial charge in [0, 0.05) is 4.91 Å². The Kier molecular flexibility index (Phi) is 2.77. The summed E-state index contributed by atoms with van der Waals surface area (Å²) < 4.78 is 17.9. The van der Waals surface area contributed by atoms with Crippen molar-refractivity contribution in [2.45, 2.75) is 24.0 Å². The van der Waals surface area contributed by atoms with E-state index in [0.717, 1.165) is 0 Å². The molecule has 0 spiro atoms. The lowest BCUT2D eigenvalue weighted by Crippen LogP contribution is -2.43. The van der Waals surface area contributed by atoms with Gasteiger partial charge in [-0.15, -0.1) is 0 Å². The molecule has 0 saturated carbocycles. The van der Waals surface area contributed by atoms with Gasteiger partial charge in [0.25, 0.3) is 0 Å². The van der Waals surface area contributed by atoms with Crippen LogP contribution >= 0.6 is 0 Å². The van der Waals surface area contributed by atoms with E-state index in [2.05, 4.69) is 10.0 Å². The fourth-order valence-corrected chi connectivity index (χ4v) is 1.28. The van der Waals surface area contributed by atoms with Crippen molar-refractivity contribution in [3.05, 3.63) is 10.4 Å². The Labute approximate surface area is 74.3 Å². The predicted octanol–water partition coefficient (Wildman–Crippen LogP) is -1.33. The van der Waals surface area contributed by atoms with Gasteiger partial charge in [-0.1, -0.05) is 5.11 Å². The minimum absolute atomic E-state index is 0.747. The third kappa shape index (κ3) is 1.49. The van der Waals surface area contributed by atoms with Gasteiger partial charge in [-0.25, -0.2) is 4.39 Å². The van der Waals surface area contributed by atoms with Crippen molar-refractivity contribution in [1.29, 1.82) is 0 Å². The number of azide groups is 1. The zero-order chi connectivity index (χ0) is 10.1. The van der Waals surface area contributed by atoms with Gasteiger partial charge in [-0.05, 0) is 5.53 Å². The van der Waals surface area contributed by atoms with Crippen LogP contribution in [0.5, 0.6) is 0 Å². The van der Waals surface area contributed by atoms with Gasteiger partial charge in [-0.2, -0.15) is 0 Å². The predicted molar refractivity (Wildman–Crippen MR) is 43.3 cm³/mol. The van der Waals surface area contributed by atoms with Gasteiger partial charge >= 0.3 is 0 Å². The van der Waals surface area contributed by atoms with Gasteiger partial charge < -0.3 is 14.9 Å². The molecule has 0 aromatic carbocycles. The van der Waals surface area contributed by atoms with E-state index in [0.29, 0.717) is 0 Å². The van der Waals surface area contributed by atoms with E-state index in [1.54, 1.807) is 0 Å². The van der Waals surface area contributed by atoms with Crippen LogP contribution in [0.4, 0.5) is 4.39 Å². The van der Waals surface area contributed by atoms with Crippen LogP contribution in [-0.2, 0) is 4.74 Å². The third-order valence-electron chi connectivity index (χ3n) is 2.04. The highest BCUT2D eigenvalue weighted by molar-refractivity contribution is 6.11. The molecule has 1 aliphatic rings. The van der Waals surface area contributed by atoms with Crippen LogP contribution in [0.25, 0.3) is 10.4 Å². The summed E-state index contributed by atoms with van der Waals surface area (Å²) in [5.41, 5.74) is 6.28. The molecule has 0 radical (unpaired) electrons. The van der Waals surface area contributed by atoms with E-state index in [9.17, 15) is 9.50 Å². The Morgan fingerprint density at radius 1 is 1.77 bits per heavy atom. The SMILES string of the molecule is BC1OC(CO)(N=[N+]=[N-])C(O)C1F.